The summed E-state index contributed by atoms with van der Waals surface area (Å²) < 4.78 is 54.4. The molecule has 0 spiro atoms. The van der Waals surface area contributed by atoms with Crippen molar-refractivity contribution >= 4 is 27.3 Å². The number of anilines is 2. The van der Waals surface area contributed by atoms with E-state index in [-0.39, 0.29) is 16.1 Å². The highest BCUT2D eigenvalue weighted by Crippen LogP contribution is 2.20. The Labute approximate surface area is 161 Å². The summed E-state index contributed by atoms with van der Waals surface area (Å²) in [6, 6.07) is 15.1. The van der Waals surface area contributed by atoms with E-state index in [4.69, 9.17) is 0 Å². The Kier molecular flexibility index (Phi) is 5.41. The van der Waals surface area contributed by atoms with Gasteiger partial charge in [0, 0.05) is 11.3 Å². The molecule has 3 aromatic rings. The first-order valence-electron chi connectivity index (χ1n) is 8.21. The lowest BCUT2D eigenvalue weighted by Gasteiger charge is -2.10. The quantitative estimate of drug-likeness (QED) is 0.667. The molecule has 0 aliphatic carbocycles. The third-order valence-corrected chi connectivity index (χ3v) is 5.33. The Morgan fingerprint density at radius 3 is 2.00 bits per heavy atom. The second-order valence-corrected chi connectivity index (χ2v) is 7.73. The molecule has 28 heavy (non-hydrogen) atoms. The fourth-order valence-corrected chi connectivity index (χ4v) is 3.48. The molecule has 0 radical (unpaired) electrons. The summed E-state index contributed by atoms with van der Waals surface area (Å²) in [6.45, 7) is 1.85. The van der Waals surface area contributed by atoms with Crippen molar-refractivity contribution in [1.29, 1.82) is 0 Å². The number of hydrogen-bond donors (Lipinski definition) is 2. The minimum Gasteiger partial charge on any atom is -0.317 e. The number of carbonyl (C=O) groups is 1. The van der Waals surface area contributed by atoms with Gasteiger partial charge in [-0.3, -0.25) is 9.52 Å². The van der Waals surface area contributed by atoms with E-state index in [0.29, 0.717) is 0 Å². The Morgan fingerprint density at radius 2 is 1.43 bits per heavy atom. The number of aryl methyl sites for hydroxylation is 1. The summed E-state index contributed by atoms with van der Waals surface area (Å²) in [5.41, 5.74) is 0.743. The van der Waals surface area contributed by atoms with Crippen LogP contribution in [0.5, 0.6) is 0 Å². The smallest absolute Gasteiger partial charge is 0.261 e. The minimum absolute atomic E-state index is 0.106. The van der Waals surface area contributed by atoms with Gasteiger partial charge in [-0.15, -0.1) is 0 Å². The Bertz CT molecular complexity index is 1090. The van der Waals surface area contributed by atoms with Gasteiger partial charge in [0.15, 0.2) is 0 Å². The molecule has 0 aliphatic heterocycles. The van der Waals surface area contributed by atoms with Gasteiger partial charge in [-0.2, -0.15) is 0 Å². The Balaban J connectivity index is 1.74. The van der Waals surface area contributed by atoms with Crippen molar-refractivity contribution in [2.75, 3.05) is 10.0 Å². The maximum Gasteiger partial charge on any atom is 0.261 e. The molecule has 2 N–H and O–H groups in total. The van der Waals surface area contributed by atoms with Crippen LogP contribution in [0, 0.1) is 18.6 Å². The van der Waals surface area contributed by atoms with Crippen LogP contribution in [0.3, 0.4) is 0 Å². The molecule has 0 atom stereocenters. The van der Waals surface area contributed by atoms with E-state index in [1.165, 1.54) is 42.5 Å². The van der Waals surface area contributed by atoms with Crippen molar-refractivity contribution in [2.24, 2.45) is 0 Å². The Morgan fingerprint density at radius 1 is 0.857 bits per heavy atom. The van der Waals surface area contributed by atoms with Crippen molar-refractivity contribution in [2.45, 2.75) is 11.8 Å². The summed E-state index contributed by atoms with van der Waals surface area (Å²) in [6.07, 6.45) is 0. The zero-order valence-electron chi connectivity index (χ0n) is 14.7. The standard InChI is InChI=1S/C20H16F2N2O3S/c1-13-5-11-16(12-6-13)28(26,27)24-15-9-7-14(8-10-15)20(25)23-19-17(21)3-2-4-18(19)22/h2-12,24H,1H3,(H,23,25). The van der Waals surface area contributed by atoms with E-state index in [1.54, 1.807) is 12.1 Å². The minimum atomic E-state index is -3.77. The van der Waals surface area contributed by atoms with Gasteiger partial charge in [0.05, 0.1) is 4.90 Å². The van der Waals surface area contributed by atoms with Crippen LogP contribution in [0.15, 0.2) is 71.6 Å². The van der Waals surface area contributed by atoms with Crippen LogP contribution < -0.4 is 10.0 Å². The van der Waals surface area contributed by atoms with Crippen molar-refractivity contribution in [3.8, 4) is 0 Å². The van der Waals surface area contributed by atoms with E-state index in [0.717, 1.165) is 17.7 Å². The van der Waals surface area contributed by atoms with Gasteiger partial charge < -0.3 is 5.32 Å². The molecule has 5 nitrogen and oxygen atoms in total. The first kappa shape index (κ1) is 19.5. The number of hydrogen-bond acceptors (Lipinski definition) is 3. The second kappa shape index (κ2) is 7.77. The predicted octanol–water partition coefficient (Wildman–Crippen LogP) is 4.33. The average molecular weight is 402 g/mol. The highest BCUT2D eigenvalue weighted by atomic mass is 32.2. The van der Waals surface area contributed by atoms with Crippen LogP contribution >= 0.6 is 0 Å². The van der Waals surface area contributed by atoms with E-state index in [2.05, 4.69) is 10.0 Å². The van der Waals surface area contributed by atoms with Crippen molar-refractivity contribution < 1.29 is 22.0 Å². The number of sulfonamides is 1. The van der Waals surface area contributed by atoms with Gasteiger partial charge in [0.2, 0.25) is 0 Å². The summed E-state index contributed by atoms with van der Waals surface area (Å²) in [5, 5.41) is 2.17. The van der Waals surface area contributed by atoms with Crippen molar-refractivity contribution in [1.82, 2.24) is 0 Å². The molecule has 1 amide bonds. The number of benzene rings is 3. The van der Waals surface area contributed by atoms with E-state index in [9.17, 15) is 22.0 Å². The molecule has 0 bridgehead atoms. The lowest BCUT2D eigenvalue weighted by Crippen LogP contribution is -2.15. The third kappa shape index (κ3) is 4.34. The summed E-state index contributed by atoms with van der Waals surface area (Å²) in [5.74, 6) is -2.51. The fraction of sp³-hybridized carbons (Fsp3) is 0.0500. The van der Waals surface area contributed by atoms with E-state index < -0.39 is 33.3 Å². The average Bonchev–Trinajstić information content (AvgIpc) is 2.65. The first-order chi connectivity index (χ1) is 13.3. The Hall–Kier alpha value is -3.26. The topological polar surface area (TPSA) is 75.3 Å². The van der Waals surface area contributed by atoms with Crippen LogP contribution in [-0.4, -0.2) is 14.3 Å². The van der Waals surface area contributed by atoms with Gasteiger partial charge in [0.1, 0.15) is 17.3 Å². The lowest BCUT2D eigenvalue weighted by atomic mass is 10.2. The third-order valence-electron chi connectivity index (χ3n) is 3.93. The largest absolute Gasteiger partial charge is 0.317 e. The number of amides is 1. The van der Waals surface area contributed by atoms with Crippen LogP contribution in [0.1, 0.15) is 15.9 Å². The number of carbonyl (C=O) groups excluding carboxylic acids is 1. The number of nitrogens with one attached hydrogen (secondary N) is 2. The first-order valence-corrected chi connectivity index (χ1v) is 9.69. The van der Waals surface area contributed by atoms with Crippen LogP contribution in [0.4, 0.5) is 20.2 Å². The van der Waals surface area contributed by atoms with Gasteiger partial charge >= 0.3 is 0 Å². The van der Waals surface area contributed by atoms with Gasteiger partial charge in [-0.25, -0.2) is 17.2 Å². The van der Waals surface area contributed by atoms with Gasteiger partial charge in [-0.1, -0.05) is 23.8 Å². The highest BCUT2D eigenvalue weighted by Gasteiger charge is 2.16. The molecule has 0 aliphatic rings. The zero-order chi connectivity index (χ0) is 20.3. The maximum atomic E-state index is 13.6. The number of para-hydroxylation sites is 1. The molecule has 0 heterocycles. The molecular formula is C20H16F2N2O3S. The molecule has 0 saturated heterocycles. The van der Waals surface area contributed by atoms with Crippen LogP contribution in [0.25, 0.3) is 0 Å². The zero-order valence-corrected chi connectivity index (χ0v) is 15.6. The molecule has 144 valence electrons. The highest BCUT2D eigenvalue weighted by molar-refractivity contribution is 7.92. The predicted molar refractivity (Wildman–Crippen MR) is 103 cm³/mol. The number of rotatable bonds is 5. The molecule has 0 unspecified atom stereocenters. The van der Waals surface area contributed by atoms with Gasteiger partial charge in [0.25, 0.3) is 15.9 Å². The second-order valence-electron chi connectivity index (χ2n) is 6.05. The van der Waals surface area contributed by atoms with Crippen molar-refractivity contribution in [3.05, 3.63) is 89.5 Å². The summed E-state index contributed by atoms with van der Waals surface area (Å²) in [7, 11) is -3.77. The monoisotopic (exact) mass is 402 g/mol. The summed E-state index contributed by atoms with van der Waals surface area (Å²) in [4.78, 5) is 12.3. The van der Waals surface area contributed by atoms with E-state index in [1.807, 2.05) is 6.92 Å². The maximum absolute atomic E-state index is 13.6. The fourth-order valence-electron chi connectivity index (χ4n) is 2.42. The van der Waals surface area contributed by atoms with E-state index >= 15 is 0 Å². The van der Waals surface area contributed by atoms with Gasteiger partial charge in [-0.05, 0) is 55.5 Å². The molecule has 8 heteroatoms. The van der Waals surface area contributed by atoms with Crippen molar-refractivity contribution in [3.63, 3.8) is 0 Å². The number of halogens is 2. The lowest BCUT2D eigenvalue weighted by molar-refractivity contribution is 0.102. The molecule has 0 fully saturated rings. The normalized spacial score (nSPS) is 11.1. The molecule has 0 saturated carbocycles. The summed E-state index contributed by atoms with van der Waals surface area (Å²) >= 11 is 0. The SMILES string of the molecule is Cc1ccc(S(=O)(=O)Nc2ccc(C(=O)Nc3c(F)cccc3F)cc2)cc1. The van der Waals surface area contributed by atoms with Crippen LogP contribution in [0.2, 0.25) is 0 Å². The molecular weight excluding hydrogens is 386 g/mol. The van der Waals surface area contributed by atoms with Crippen LogP contribution in [-0.2, 0) is 10.0 Å². The molecule has 3 rings (SSSR count). The molecule has 0 aromatic heterocycles. The molecule has 3 aromatic carbocycles.